The lowest BCUT2D eigenvalue weighted by atomic mass is 9.88. The molecule has 1 heterocycles. The standard InChI is InChI=1S/C36H46INO/c1-2-35(30-16-10-9-11-17-30)36(31-18-22-33(37)23-19-31)32-20-24-34(25-21-32)39-29-15-8-6-4-3-5-7-12-26-38-27-13-14-28-38/h9-11,16-25H,2-8,12-15,26-29H2,1H3/b36-35-. The highest BCUT2D eigenvalue weighted by atomic mass is 127. The Labute approximate surface area is 251 Å². The van der Waals surface area contributed by atoms with E-state index in [9.17, 15) is 0 Å². The number of nitrogens with zero attached hydrogens (tertiary/aromatic N) is 1. The number of allylic oxidation sites excluding steroid dienone is 1. The Hall–Kier alpha value is -2.11. The van der Waals surface area contributed by atoms with Gasteiger partial charge in [-0.15, -0.1) is 0 Å². The fraction of sp³-hybridized carbons (Fsp3) is 0.444. The minimum absolute atomic E-state index is 0.805. The first kappa shape index (κ1) is 29.9. The van der Waals surface area contributed by atoms with Gasteiger partial charge in [0.1, 0.15) is 5.75 Å². The fourth-order valence-electron chi connectivity index (χ4n) is 5.71. The van der Waals surface area contributed by atoms with Crippen molar-refractivity contribution < 1.29 is 4.74 Å². The number of hydrogen-bond acceptors (Lipinski definition) is 2. The van der Waals surface area contributed by atoms with E-state index in [2.05, 4.69) is 113 Å². The van der Waals surface area contributed by atoms with Gasteiger partial charge in [-0.1, -0.05) is 100 Å². The average Bonchev–Trinajstić information content (AvgIpc) is 3.50. The first-order chi connectivity index (χ1) is 19.2. The van der Waals surface area contributed by atoms with E-state index in [-0.39, 0.29) is 0 Å². The van der Waals surface area contributed by atoms with Crippen LogP contribution in [0.25, 0.3) is 11.1 Å². The maximum atomic E-state index is 6.12. The maximum absolute atomic E-state index is 6.12. The molecule has 0 saturated carbocycles. The van der Waals surface area contributed by atoms with Crippen LogP contribution in [0.3, 0.4) is 0 Å². The summed E-state index contributed by atoms with van der Waals surface area (Å²) < 4.78 is 7.38. The maximum Gasteiger partial charge on any atom is 0.119 e. The van der Waals surface area contributed by atoms with Gasteiger partial charge in [0.05, 0.1) is 6.61 Å². The molecule has 0 spiro atoms. The molecule has 0 unspecified atom stereocenters. The zero-order valence-electron chi connectivity index (χ0n) is 23.8. The van der Waals surface area contributed by atoms with Crippen LogP contribution in [0.5, 0.6) is 5.75 Å². The van der Waals surface area contributed by atoms with Gasteiger partial charge >= 0.3 is 0 Å². The van der Waals surface area contributed by atoms with E-state index in [4.69, 9.17) is 4.74 Å². The van der Waals surface area contributed by atoms with Crippen molar-refractivity contribution >= 4 is 33.7 Å². The van der Waals surface area contributed by atoms with E-state index >= 15 is 0 Å². The third-order valence-electron chi connectivity index (χ3n) is 7.89. The molecule has 0 aromatic heterocycles. The van der Waals surface area contributed by atoms with Crippen LogP contribution in [-0.4, -0.2) is 31.1 Å². The van der Waals surface area contributed by atoms with Gasteiger partial charge in [0, 0.05) is 3.57 Å². The van der Waals surface area contributed by atoms with E-state index in [0.29, 0.717) is 0 Å². The summed E-state index contributed by atoms with van der Waals surface area (Å²) in [7, 11) is 0. The van der Waals surface area contributed by atoms with Crippen LogP contribution < -0.4 is 4.74 Å². The average molecular weight is 636 g/mol. The molecule has 3 aromatic carbocycles. The van der Waals surface area contributed by atoms with E-state index in [1.807, 2.05) is 0 Å². The van der Waals surface area contributed by atoms with Crippen LogP contribution in [0.1, 0.15) is 94.2 Å². The second-order valence-corrected chi connectivity index (χ2v) is 12.1. The van der Waals surface area contributed by atoms with Crippen LogP contribution >= 0.6 is 22.6 Å². The topological polar surface area (TPSA) is 12.5 Å². The summed E-state index contributed by atoms with van der Waals surface area (Å²) in [5, 5.41) is 0. The van der Waals surface area contributed by atoms with Gasteiger partial charge in [0.2, 0.25) is 0 Å². The van der Waals surface area contributed by atoms with E-state index in [1.54, 1.807) is 0 Å². The number of benzene rings is 3. The van der Waals surface area contributed by atoms with Gasteiger partial charge < -0.3 is 9.64 Å². The van der Waals surface area contributed by atoms with Crippen LogP contribution in [0, 0.1) is 3.57 Å². The Morgan fingerprint density at radius 3 is 1.85 bits per heavy atom. The molecule has 0 radical (unpaired) electrons. The molecule has 1 aliphatic rings. The van der Waals surface area contributed by atoms with E-state index in [0.717, 1.165) is 25.2 Å². The second kappa shape index (κ2) is 16.9. The lowest BCUT2D eigenvalue weighted by Crippen LogP contribution is -2.20. The zero-order chi connectivity index (χ0) is 27.1. The number of hydrogen-bond donors (Lipinski definition) is 0. The van der Waals surface area contributed by atoms with Gasteiger partial charge in [-0.05, 0) is 126 Å². The predicted molar refractivity (Wildman–Crippen MR) is 176 cm³/mol. The molecule has 208 valence electrons. The van der Waals surface area contributed by atoms with Gasteiger partial charge in [-0.2, -0.15) is 0 Å². The van der Waals surface area contributed by atoms with Gasteiger partial charge in [-0.3, -0.25) is 0 Å². The molecule has 0 bridgehead atoms. The third kappa shape index (κ3) is 9.79. The number of likely N-dealkylation sites (tertiary alicyclic amines) is 1. The molecular weight excluding hydrogens is 589 g/mol. The molecular formula is C36H46INO. The van der Waals surface area contributed by atoms with Crippen molar-refractivity contribution in [1.82, 2.24) is 4.90 Å². The molecule has 2 nitrogen and oxygen atoms in total. The quantitative estimate of drug-likeness (QED) is 0.0883. The molecule has 3 heteroatoms. The molecule has 0 aliphatic carbocycles. The van der Waals surface area contributed by atoms with Gasteiger partial charge in [0.15, 0.2) is 0 Å². The molecule has 0 amide bonds. The van der Waals surface area contributed by atoms with Crippen LogP contribution in [0.2, 0.25) is 0 Å². The lowest BCUT2D eigenvalue weighted by molar-refractivity contribution is 0.304. The second-order valence-electron chi connectivity index (χ2n) is 10.8. The summed E-state index contributed by atoms with van der Waals surface area (Å²) in [6, 6.07) is 28.4. The summed E-state index contributed by atoms with van der Waals surface area (Å²) in [6.45, 7) is 7.06. The molecule has 1 aliphatic heterocycles. The summed E-state index contributed by atoms with van der Waals surface area (Å²) in [6.07, 6.45) is 14.5. The van der Waals surface area contributed by atoms with E-state index < -0.39 is 0 Å². The fourth-order valence-corrected chi connectivity index (χ4v) is 6.07. The summed E-state index contributed by atoms with van der Waals surface area (Å²) in [5.74, 6) is 0.969. The molecule has 4 rings (SSSR count). The summed E-state index contributed by atoms with van der Waals surface area (Å²) in [5.41, 5.74) is 6.47. The Morgan fingerprint density at radius 2 is 1.23 bits per heavy atom. The highest BCUT2D eigenvalue weighted by molar-refractivity contribution is 14.1. The van der Waals surface area contributed by atoms with Crippen LogP contribution in [0.4, 0.5) is 0 Å². The monoisotopic (exact) mass is 635 g/mol. The molecule has 0 atom stereocenters. The van der Waals surface area contributed by atoms with Gasteiger partial charge in [-0.25, -0.2) is 0 Å². The molecule has 0 N–H and O–H groups in total. The van der Waals surface area contributed by atoms with Crippen molar-refractivity contribution in [3.05, 3.63) is 99.1 Å². The number of ether oxygens (including phenoxy) is 1. The Kier molecular flexibility index (Phi) is 12.9. The Bertz CT molecular complexity index is 1110. The van der Waals surface area contributed by atoms with Crippen molar-refractivity contribution in [3.8, 4) is 5.75 Å². The SMILES string of the molecule is CC/C(=C(\c1ccc(I)cc1)c1ccc(OCCCCCCCCCCN2CCCC2)cc1)c1ccccc1. The van der Waals surface area contributed by atoms with Crippen molar-refractivity contribution in [1.29, 1.82) is 0 Å². The Morgan fingerprint density at radius 1 is 0.667 bits per heavy atom. The molecule has 1 fully saturated rings. The van der Waals surface area contributed by atoms with Crippen LogP contribution in [0.15, 0.2) is 78.9 Å². The lowest BCUT2D eigenvalue weighted by Gasteiger charge is -2.17. The highest BCUT2D eigenvalue weighted by Gasteiger charge is 2.13. The first-order valence-corrected chi connectivity index (χ1v) is 16.3. The number of rotatable bonds is 16. The van der Waals surface area contributed by atoms with E-state index in [1.165, 1.54) is 109 Å². The predicted octanol–water partition coefficient (Wildman–Crippen LogP) is 10.3. The van der Waals surface area contributed by atoms with Crippen molar-refractivity contribution in [2.45, 2.75) is 77.6 Å². The molecule has 3 aromatic rings. The first-order valence-electron chi connectivity index (χ1n) is 15.2. The van der Waals surface area contributed by atoms with Crippen molar-refractivity contribution in [2.24, 2.45) is 0 Å². The largest absolute Gasteiger partial charge is 0.494 e. The zero-order valence-corrected chi connectivity index (χ0v) is 26.0. The normalized spacial score (nSPS) is 14.4. The summed E-state index contributed by atoms with van der Waals surface area (Å²) >= 11 is 2.38. The number of halogens is 1. The van der Waals surface area contributed by atoms with Crippen LogP contribution in [-0.2, 0) is 0 Å². The highest BCUT2D eigenvalue weighted by Crippen LogP contribution is 2.35. The summed E-state index contributed by atoms with van der Waals surface area (Å²) in [4.78, 5) is 2.64. The smallest absolute Gasteiger partial charge is 0.119 e. The Balaban J connectivity index is 1.23. The molecule has 1 saturated heterocycles. The third-order valence-corrected chi connectivity index (χ3v) is 8.61. The minimum atomic E-state index is 0.805. The van der Waals surface area contributed by atoms with Crippen molar-refractivity contribution in [3.63, 3.8) is 0 Å². The van der Waals surface area contributed by atoms with Crippen molar-refractivity contribution in [2.75, 3.05) is 26.2 Å². The number of unbranched alkanes of at least 4 members (excludes halogenated alkanes) is 7. The minimum Gasteiger partial charge on any atom is -0.494 e. The molecule has 39 heavy (non-hydrogen) atoms. The van der Waals surface area contributed by atoms with Gasteiger partial charge in [0.25, 0.3) is 0 Å².